The number of thioether (sulfide) groups is 2. The maximum absolute atomic E-state index is 14.0. The van der Waals surface area contributed by atoms with E-state index in [1.165, 1.54) is 52.7 Å². The van der Waals surface area contributed by atoms with Gasteiger partial charge >= 0.3 is 17.7 Å². The number of β-lactam (4-membered cyclic amide) rings is 1. The number of anilines is 2. The average molecular weight is 1090 g/mol. The Balaban J connectivity index is 0.881. The Morgan fingerprint density at radius 2 is 1.74 bits per heavy atom. The highest BCUT2D eigenvalue weighted by Gasteiger charge is 2.55. The highest BCUT2D eigenvalue weighted by atomic mass is 79.9. The summed E-state index contributed by atoms with van der Waals surface area (Å²) in [4.78, 5) is 85.3. The molecule has 6 heterocycles. The van der Waals surface area contributed by atoms with E-state index in [1.54, 1.807) is 19.1 Å². The molecule has 0 saturated carbocycles. The molecule has 0 spiro atoms. The van der Waals surface area contributed by atoms with Crippen molar-refractivity contribution in [2.75, 3.05) is 22.7 Å². The number of hydrazine groups is 1. The van der Waals surface area contributed by atoms with Gasteiger partial charge in [0.05, 0.1) is 10.2 Å². The quantitative estimate of drug-likeness (QED) is 0.0181. The first-order valence-electron chi connectivity index (χ1n) is 20.6. The van der Waals surface area contributed by atoms with Crippen LogP contribution in [0.15, 0.2) is 104 Å². The van der Waals surface area contributed by atoms with Crippen LogP contribution >= 0.6 is 62.4 Å². The van der Waals surface area contributed by atoms with Crippen LogP contribution in [0.25, 0.3) is 5.78 Å². The van der Waals surface area contributed by atoms with Crippen molar-refractivity contribution in [3.05, 3.63) is 127 Å². The molecule has 9 rings (SSSR count). The van der Waals surface area contributed by atoms with Crippen molar-refractivity contribution in [2.24, 2.45) is 5.16 Å². The zero-order chi connectivity index (χ0) is 49.6. The van der Waals surface area contributed by atoms with Gasteiger partial charge in [0.25, 0.3) is 23.5 Å². The third kappa shape index (κ3) is 8.92. The minimum Gasteiger partial charge on any atom is -0.477 e. The Morgan fingerprint density at radius 1 is 1.06 bits per heavy atom. The molecule has 4 amide bonds. The Hall–Kier alpha value is -6.97. The summed E-state index contributed by atoms with van der Waals surface area (Å²) in [5.74, 6) is -5.53. The molecule has 27 heteroatoms. The number of rotatable bonds is 15. The van der Waals surface area contributed by atoms with Gasteiger partial charge in [0.1, 0.15) is 32.9 Å². The van der Waals surface area contributed by atoms with Crippen LogP contribution in [0.4, 0.5) is 10.8 Å². The first kappa shape index (κ1) is 48.1. The topological polar surface area (TPSA) is 299 Å². The van der Waals surface area contributed by atoms with Gasteiger partial charge in [-0.1, -0.05) is 77.4 Å². The SMILES string of the molecule is Cc1cc(SCC2=C(C(=O)O)N3C(=O)[C@@H](NC(=O)/C(=N\OC(C)(C)C(=O)NNc4cc(Br)c5c(c4Cl)OC(c4ccccc4)(c4ccccc4)O5)c4csc(N)n4)[C@H]3SC2)n2nc(C(=O)NO)nc2n1. The Bertz CT molecular complexity index is 3160. The van der Waals surface area contributed by atoms with Crippen molar-refractivity contribution in [3.63, 3.8) is 0 Å². The molecule has 8 N–H and O–H groups in total. The number of aromatic nitrogens is 5. The van der Waals surface area contributed by atoms with Crippen molar-refractivity contribution in [1.29, 1.82) is 0 Å². The number of carbonyl (C=O) groups is 5. The van der Waals surface area contributed by atoms with Crippen molar-refractivity contribution in [2.45, 2.75) is 48.6 Å². The molecule has 3 aromatic heterocycles. The van der Waals surface area contributed by atoms with E-state index < -0.39 is 58.1 Å². The van der Waals surface area contributed by atoms with E-state index in [1.807, 2.05) is 60.7 Å². The first-order valence-corrected chi connectivity index (χ1v) is 24.7. The number of amides is 4. The van der Waals surface area contributed by atoms with Gasteiger partial charge in [0, 0.05) is 33.7 Å². The van der Waals surface area contributed by atoms with E-state index in [-0.39, 0.29) is 56.1 Å². The summed E-state index contributed by atoms with van der Waals surface area (Å²) in [5, 5.41) is 31.4. The number of thiazole rings is 1. The van der Waals surface area contributed by atoms with Crippen LogP contribution in [-0.4, -0.2) is 104 Å². The molecule has 2 atom stereocenters. The second kappa shape index (κ2) is 19.1. The van der Waals surface area contributed by atoms with Crippen LogP contribution in [0.3, 0.4) is 0 Å². The molecule has 70 heavy (non-hydrogen) atoms. The number of hydroxylamine groups is 1. The Morgan fingerprint density at radius 3 is 2.39 bits per heavy atom. The monoisotopic (exact) mass is 1090 g/mol. The number of oxime groups is 1. The number of hydrogen-bond donors (Lipinski definition) is 7. The summed E-state index contributed by atoms with van der Waals surface area (Å²) in [6.07, 6.45) is 0. The van der Waals surface area contributed by atoms with Crippen molar-refractivity contribution in [3.8, 4) is 11.5 Å². The lowest BCUT2D eigenvalue weighted by Gasteiger charge is -2.49. The van der Waals surface area contributed by atoms with Gasteiger partial charge in [0.2, 0.25) is 11.4 Å². The van der Waals surface area contributed by atoms with Crippen LogP contribution in [-0.2, 0) is 29.8 Å². The van der Waals surface area contributed by atoms with Gasteiger partial charge in [-0.2, -0.15) is 9.50 Å². The van der Waals surface area contributed by atoms with E-state index in [0.717, 1.165) is 16.2 Å². The zero-order valence-electron chi connectivity index (χ0n) is 36.4. The maximum atomic E-state index is 14.0. The number of nitrogen functional groups attached to an aromatic ring is 1. The molecule has 6 aromatic rings. The lowest BCUT2D eigenvalue weighted by atomic mass is 9.97. The highest BCUT2D eigenvalue weighted by molar-refractivity contribution is 9.10. The van der Waals surface area contributed by atoms with Gasteiger partial charge in [-0.25, -0.2) is 20.2 Å². The van der Waals surface area contributed by atoms with Crippen LogP contribution < -0.4 is 36.9 Å². The number of hydrogen-bond acceptors (Lipinski definition) is 19. The lowest BCUT2D eigenvalue weighted by Crippen LogP contribution is -2.71. The summed E-state index contributed by atoms with van der Waals surface area (Å²) in [6.45, 7) is 4.48. The number of nitrogens with two attached hydrogens (primary N) is 1. The third-order valence-electron chi connectivity index (χ3n) is 10.8. The number of nitrogens with zero attached hydrogens (tertiary/aromatic N) is 7. The molecule has 360 valence electrons. The number of ether oxygens (including phenoxy) is 2. The maximum Gasteiger partial charge on any atom is 0.352 e. The molecule has 3 aliphatic heterocycles. The fourth-order valence-corrected chi connectivity index (χ4v) is 11.1. The summed E-state index contributed by atoms with van der Waals surface area (Å²) < 4.78 is 14.8. The fourth-order valence-electron chi connectivity index (χ4n) is 7.33. The van der Waals surface area contributed by atoms with Crippen molar-refractivity contribution < 1.29 is 48.6 Å². The van der Waals surface area contributed by atoms with E-state index in [0.29, 0.717) is 37.6 Å². The Kier molecular flexibility index (Phi) is 13.1. The van der Waals surface area contributed by atoms with Crippen molar-refractivity contribution in [1.82, 2.24) is 45.7 Å². The average Bonchev–Trinajstić information content (AvgIpc) is 4.11. The van der Waals surface area contributed by atoms with Gasteiger partial charge < -0.3 is 30.5 Å². The number of carbonyl (C=O) groups excluding carboxylic acids is 4. The standard InChI is InChI=1S/C43H36BrClN12O10S3/c1-19-14-26(57-41(47-19)50-33(53-57)35(59)54-64)68-16-20-17-69-37-29(36(60)56(37)30(20)38(61)62)49-34(58)28(25-18-70-40(46)48-25)55-67-42(2,3)39(63)52-51-24-15-23(44)31-32(27(24)45)66-43(65-31,21-10-6-4-7-11-21)22-12-8-5-9-13-22/h4-15,18,29,37,51,64H,16-17H2,1-3H3,(H2,46,48)(H,49,58)(H,52,63)(H,54,59)(H,61,62)/b55-28-/t29-,37-/m1/s1. The Labute approximate surface area is 421 Å². The van der Waals surface area contributed by atoms with Crippen LogP contribution in [0, 0.1) is 6.92 Å². The number of fused-ring (bicyclic) bond motifs is 3. The molecule has 0 radical (unpaired) electrons. The molecule has 0 unspecified atom stereocenters. The molecule has 1 saturated heterocycles. The molecular formula is C43H36BrClN12O10S3. The van der Waals surface area contributed by atoms with Gasteiger partial charge in [0.15, 0.2) is 22.3 Å². The largest absolute Gasteiger partial charge is 0.477 e. The number of aryl methyl sites for hydroxylation is 1. The molecule has 3 aliphatic rings. The van der Waals surface area contributed by atoms with E-state index in [2.05, 4.69) is 57.3 Å². The number of benzene rings is 3. The fraction of sp³-hybridized carbons (Fsp3) is 0.209. The third-order valence-corrected chi connectivity index (χ3v) is 14.8. The van der Waals surface area contributed by atoms with Gasteiger partial charge in [-0.3, -0.25) is 40.1 Å². The van der Waals surface area contributed by atoms with Gasteiger partial charge in [-0.05, 0) is 54.4 Å². The molecule has 0 bridgehead atoms. The normalized spacial score (nSPS) is 17.1. The first-order chi connectivity index (χ1) is 33.5. The highest BCUT2D eigenvalue weighted by Crippen LogP contribution is 2.56. The molecule has 1 fully saturated rings. The number of carboxylic acids is 1. The van der Waals surface area contributed by atoms with Crippen LogP contribution in [0.5, 0.6) is 11.5 Å². The van der Waals surface area contributed by atoms with Crippen molar-refractivity contribution >= 4 is 114 Å². The predicted octanol–water partition coefficient (Wildman–Crippen LogP) is 4.85. The number of nitrogens with one attached hydrogen (secondary N) is 4. The smallest absolute Gasteiger partial charge is 0.352 e. The lowest BCUT2D eigenvalue weighted by molar-refractivity contribution is -0.150. The summed E-state index contributed by atoms with van der Waals surface area (Å²) in [5.41, 5.74) is 12.9. The van der Waals surface area contributed by atoms with E-state index in [4.69, 9.17) is 36.9 Å². The van der Waals surface area contributed by atoms with Crippen LogP contribution in [0.1, 0.15) is 47.0 Å². The number of carboxylic acid groups (broad SMARTS) is 1. The number of halogens is 2. The van der Waals surface area contributed by atoms with E-state index in [9.17, 15) is 29.1 Å². The minimum atomic E-state index is -1.77. The van der Waals surface area contributed by atoms with Crippen LogP contribution in [0.2, 0.25) is 5.02 Å². The summed E-state index contributed by atoms with van der Waals surface area (Å²) in [7, 11) is 0. The second-order valence-electron chi connectivity index (χ2n) is 15.9. The second-order valence-corrected chi connectivity index (χ2v) is 20.1. The molecule has 22 nitrogen and oxygen atoms in total. The minimum absolute atomic E-state index is 0.0179. The molecular weight excluding hydrogens is 1060 g/mol. The number of aliphatic carboxylic acids is 1. The van der Waals surface area contributed by atoms with Gasteiger partial charge in [-0.15, -0.1) is 40.0 Å². The summed E-state index contributed by atoms with van der Waals surface area (Å²) >= 11 is 13.9. The predicted molar refractivity (Wildman–Crippen MR) is 259 cm³/mol. The molecule has 3 aromatic carbocycles. The summed E-state index contributed by atoms with van der Waals surface area (Å²) in [6, 6.07) is 20.8. The zero-order valence-corrected chi connectivity index (χ0v) is 41.2. The van der Waals surface area contributed by atoms with E-state index >= 15 is 0 Å². The molecule has 0 aliphatic carbocycles.